The smallest absolute Gasteiger partial charge is 0.230 e. The van der Waals surface area contributed by atoms with Crippen molar-refractivity contribution in [2.24, 2.45) is 11.8 Å². The molecule has 0 bridgehead atoms. The highest BCUT2D eigenvalue weighted by molar-refractivity contribution is 5.97. The van der Waals surface area contributed by atoms with E-state index in [4.69, 9.17) is 0 Å². The molecule has 2 aliphatic rings. The van der Waals surface area contributed by atoms with Gasteiger partial charge in [-0.25, -0.2) is 0 Å². The van der Waals surface area contributed by atoms with Crippen LogP contribution >= 0.6 is 0 Å². The largest absolute Gasteiger partial charge is 0.326 e. The minimum Gasteiger partial charge on any atom is -0.326 e. The molecule has 0 heterocycles. The van der Waals surface area contributed by atoms with Gasteiger partial charge in [0.2, 0.25) is 11.8 Å². The summed E-state index contributed by atoms with van der Waals surface area (Å²) in [5.74, 6) is 0.374. The van der Waals surface area contributed by atoms with E-state index in [0.717, 1.165) is 56.3 Å². The van der Waals surface area contributed by atoms with Crippen molar-refractivity contribution in [3.8, 4) is 0 Å². The van der Waals surface area contributed by atoms with Crippen molar-refractivity contribution in [2.75, 3.05) is 16.8 Å². The van der Waals surface area contributed by atoms with Crippen LogP contribution in [0.5, 0.6) is 0 Å². The number of nitrogens with one attached hydrogen (secondary N) is 1. The van der Waals surface area contributed by atoms with Crippen LogP contribution in [0.4, 0.5) is 11.4 Å². The lowest BCUT2D eigenvalue weighted by atomic mass is 9.92. The van der Waals surface area contributed by atoms with Crippen LogP contribution in [0.15, 0.2) is 48.6 Å². The van der Waals surface area contributed by atoms with Gasteiger partial charge in [-0.1, -0.05) is 37.3 Å². The maximum Gasteiger partial charge on any atom is 0.230 e. The van der Waals surface area contributed by atoms with Crippen LogP contribution in [0.2, 0.25) is 0 Å². The Hall–Kier alpha value is -2.36. The molecule has 27 heavy (non-hydrogen) atoms. The van der Waals surface area contributed by atoms with Crippen LogP contribution in [0, 0.1) is 11.8 Å². The number of amides is 2. The molecular formula is C23H30N2O2. The first-order chi connectivity index (χ1) is 13.2. The molecule has 144 valence electrons. The fraction of sp³-hybridized carbons (Fsp3) is 0.478. The number of rotatable bonds is 6. The summed E-state index contributed by atoms with van der Waals surface area (Å²) < 4.78 is 0. The average Bonchev–Trinajstić information content (AvgIpc) is 2.73. The molecule has 1 aromatic rings. The molecule has 2 amide bonds. The molecule has 0 saturated carbocycles. The first-order valence-corrected chi connectivity index (χ1v) is 10.2. The number of hydrogen-bond donors (Lipinski definition) is 1. The van der Waals surface area contributed by atoms with Crippen LogP contribution in [0.1, 0.15) is 51.9 Å². The molecule has 0 unspecified atom stereocenters. The van der Waals surface area contributed by atoms with Gasteiger partial charge in [-0.2, -0.15) is 0 Å². The second kappa shape index (κ2) is 9.54. The second-order valence-electron chi connectivity index (χ2n) is 7.49. The van der Waals surface area contributed by atoms with Gasteiger partial charge >= 0.3 is 0 Å². The maximum absolute atomic E-state index is 13.1. The Labute approximate surface area is 162 Å². The molecule has 0 fully saturated rings. The van der Waals surface area contributed by atoms with Crippen molar-refractivity contribution < 1.29 is 9.59 Å². The highest BCUT2D eigenvalue weighted by atomic mass is 16.2. The molecule has 3 rings (SSSR count). The van der Waals surface area contributed by atoms with Gasteiger partial charge < -0.3 is 10.2 Å². The summed E-state index contributed by atoms with van der Waals surface area (Å²) in [7, 11) is 0. The number of benzene rings is 1. The predicted molar refractivity (Wildman–Crippen MR) is 111 cm³/mol. The summed E-state index contributed by atoms with van der Waals surface area (Å²) in [4.78, 5) is 27.5. The van der Waals surface area contributed by atoms with E-state index in [1.54, 1.807) is 0 Å². The number of hydrogen-bond acceptors (Lipinski definition) is 2. The monoisotopic (exact) mass is 366 g/mol. The zero-order valence-corrected chi connectivity index (χ0v) is 16.2. The van der Waals surface area contributed by atoms with Gasteiger partial charge in [-0.05, 0) is 63.1 Å². The van der Waals surface area contributed by atoms with Gasteiger partial charge in [0.25, 0.3) is 0 Å². The lowest BCUT2D eigenvalue weighted by molar-refractivity contribution is -0.122. The fourth-order valence-electron chi connectivity index (χ4n) is 3.86. The van der Waals surface area contributed by atoms with Crippen LogP contribution in [0.3, 0.4) is 0 Å². The summed E-state index contributed by atoms with van der Waals surface area (Å²) >= 11 is 0. The first kappa shape index (κ1) is 19.4. The van der Waals surface area contributed by atoms with Crippen LogP contribution in [-0.4, -0.2) is 18.4 Å². The van der Waals surface area contributed by atoms with Crippen molar-refractivity contribution in [1.82, 2.24) is 0 Å². The van der Waals surface area contributed by atoms with E-state index in [2.05, 4.69) is 36.5 Å². The average molecular weight is 367 g/mol. The molecule has 0 radical (unpaired) electrons. The fourth-order valence-corrected chi connectivity index (χ4v) is 3.86. The van der Waals surface area contributed by atoms with E-state index in [0.29, 0.717) is 6.54 Å². The van der Waals surface area contributed by atoms with E-state index >= 15 is 0 Å². The van der Waals surface area contributed by atoms with Crippen LogP contribution in [0.25, 0.3) is 0 Å². The molecule has 0 spiro atoms. The Balaban J connectivity index is 1.72. The summed E-state index contributed by atoms with van der Waals surface area (Å²) in [6.07, 6.45) is 14.8. The molecule has 1 aromatic carbocycles. The van der Waals surface area contributed by atoms with Gasteiger partial charge in [-0.3, -0.25) is 9.59 Å². The van der Waals surface area contributed by atoms with Gasteiger partial charge in [0.1, 0.15) is 0 Å². The molecule has 2 aliphatic carbocycles. The standard InChI is InChI=1S/C23H30N2O2/c1-2-16-25(23(27)19-12-7-4-8-13-19)21-15-9-14-20(17-21)24-22(26)18-10-5-3-6-11-18/h3-5,7,9,14-15,17-19H,2,6,8,10-13,16H2,1H3,(H,24,26)/t18-,19+/m1/s1. The molecule has 0 saturated heterocycles. The Bertz CT molecular complexity index is 723. The minimum atomic E-state index is 0.0426. The lowest BCUT2D eigenvalue weighted by Crippen LogP contribution is -2.37. The molecule has 0 aliphatic heterocycles. The highest BCUT2D eigenvalue weighted by Gasteiger charge is 2.25. The van der Waals surface area contributed by atoms with Gasteiger partial charge in [0.05, 0.1) is 0 Å². The third-order valence-electron chi connectivity index (χ3n) is 5.40. The number of anilines is 2. The number of nitrogens with zero attached hydrogens (tertiary/aromatic N) is 1. The molecular weight excluding hydrogens is 336 g/mol. The van der Waals surface area contributed by atoms with Crippen molar-refractivity contribution in [3.05, 3.63) is 48.6 Å². The Morgan fingerprint density at radius 3 is 2.37 bits per heavy atom. The molecule has 2 atom stereocenters. The molecule has 4 nitrogen and oxygen atoms in total. The predicted octanol–water partition coefficient (Wildman–Crippen LogP) is 5.08. The molecule has 0 aromatic heterocycles. The van der Waals surface area contributed by atoms with E-state index in [1.165, 1.54) is 0 Å². The van der Waals surface area contributed by atoms with Crippen molar-refractivity contribution in [1.29, 1.82) is 0 Å². The SMILES string of the molecule is CCCN(C(=O)[C@H]1CC=CCC1)c1cccc(NC(=O)[C@@H]2CC=CCC2)c1. The van der Waals surface area contributed by atoms with Crippen molar-refractivity contribution in [3.63, 3.8) is 0 Å². The van der Waals surface area contributed by atoms with Gasteiger partial charge in [0, 0.05) is 29.8 Å². The Morgan fingerprint density at radius 1 is 1.04 bits per heavy atom. The number of allylic oxidation sites excluding steroid dienone is 4. The van der Waals surface area contributed by atoms with Crippen molar-refractivity contribution in [2.45, 2.75) is 51.9 Å². The van der Waals surface area contributed by atoms with Gasteiger partial charge in [-0.15, -0.1) is 0 Å². The molecule has 1 N–H and O–H groups in total. The topological polar surface area (TPSA) is 49.4 Å². The van der Waals surface area contributed by atoms with Crippen molar-refractivity contribution >= 4 is 23.2 Å². The van der Waals surface area contributed by atoms with E-state index in [9.17, 15) is 9.59 Å². The van der Waals surface area contributed by atoms with Crippen LogP contribution in [-0.2, 0) is 9.59 Å². The second-order valence-corrected chi connectivity index (χ2v) is 7.49. The summed E-state index contributed by atoms with van der Waals surface area (Å²) in [6.45, 7) is 2.78. The maximum atomic E-state index is 13.1. The van der Waals surface area contributed by atoms with Crippen LogP contribution < -0.4 is 10.2 Å². The number of carbonyl (C=O) groups excluding carboxylic acids is 2. The zero-order chi connectivity index (χ0) is 19.1. The highest BCUT2D eigenvalue weighted by Crippen LogP contribution is 2.27. The zero-order valence-electron chi connectivity index (χ0n) is 16.2. The van der Waals surface area contributed by atoms with E-state index in [1.807, 2.05) is 29.2 Å². The third-order valence-corrected chi connectivity index (χ3v) is 5.40. The Morgan fingerprint density at radius 2 is 1.74 bits per heavy atom. The van der Waals surface area contributed by atoms with E-state index < -0.39 is 0 Å². The quantitative estimate of drug-likeness (QED) is 0.714. The Kier molecular flexibility index (Phi) is 6.86. The lowest BCUT2D eigenvalue weighted by Gasteiger charge is -2.28. The molecule has 4 heteroatoms. The number of carbonyl (C=O) groups is 2. The minimum absolute atomic E-state index is 0.0426. The van der Waals surface area contributed by atoms with Gasteiger partial charge in [0.15, 0.2) is 0 Å². The first-order valence-electron chi connectivity index (χ1n) is 10.2. The normalized spacial score (nSPS) is 21.7. The summed E-state index contributed by atoms with van der Waals surface area (Å²) in [5.41, 5.74) is 1.64. The van der Waals surface area contributed by atoms with E-state index in [-0.39, 0.29) is 23.7 Å². The summed E-state index contributed by atoms with van der Waals surface area (Å²) in [6, 6.07) is 7.72. The summed E-state index contributed by atoms with van der Waals surface area (Å²) in [5, 5.41) is 3.05. The third kappa shape index (κ3) is 5.09.